The molecule has 0 amide bonds. The first-order chi connectivity index (χ1) is 5.52. The molecule has 1 N–H and O–H groups in total. The summed E-state index contributed by atoms with van der Waals surface area (Å²) in [6.45, 7) is 1.85. The first-order valence-corrected chi connectivity index (χ1v) is 3.66. The van der Waals surface area contributed by atoms with Gasteiger partial charge in [0.2, 0.25) is 5.82 Å². The summed E-state index contributed by atoms with van der Waals surface area (Å²) >= 11 is 0. The summed E-state index contributed by atoms with van der Waals surface area (Å²) in [4.78, 5) is 9.95. The number of hydrogen-bond acceptors (Lipinski definition) is 3. The maximum absolute atomic E-state index is 7.48. The van der Waals surface area contributed by atoms with E-state index in [9.17, 15) is 0 Å². The van der Waals surface area contributed by atoms with Crippen molar-refractivity contribution in [3.8, 4) is 0 Å². The third-order valence-electron chi connectivity index (χ3n) is 1.67. The van der Waals surface area contributed by atoms with E-state index in [1.54, 1.807) is 16.5 Å². The minimum absolute atomic E-state index is 0.228. The van der Waals surface area contributed by atoms with E-state index in [0.717, 1.165) is 5.82 Å². The summed E-state index contributed by atoms with van der Waals surface area (Å²) in [5.41, 5.74) is 7.48. The Kier molecular flexibility index (Phi) is 2.12. The second-order valence-electron chi connectivity index (χ2n) is 2.85. The van der Waals surface area contributed by atoms with Crippen LogP contribution in [0.2, 0.25) is 0 Å². The molecule has 1 heterocycles. The number of nitrogens with zero attached hydrogens (tertiary/aromatic N) is 4. The third-order valence-corrected chi connectivity index (χ3v) is 1.67. The van der Waals surface area contributed by atoms with Crippen LogP contribution in [0.15, 0.2) is 0 Å². The van der Waals surface area contributed by atoms with Crippen molar-refractivity contribution in [1.82, 2.24) is 15.7 Å². The van der Waals surface area contributed by atoms with Crippen LogP contribution in [-0.2, 0) is 7.05 Å². The SMILES string of the molecule is Cc1nc(N(C)C)nc([NH])[n+]1C. The van der Waals surface area contributed by atoms with Crippen molar-refractivity contribution in [2.24, 2.45) is 7.05 Å². The van der Waals surface area contributed by atoms with Gasteiger partial charge in [0.25, 0.3) is 0 Å². The van der Waals surface area contributed by atoms with Crippen LogP contribution < -0.4 is 15.2 Å². The quantitative estimate of drug-likeness (QED) is 0.534. The van der Waals surface area contributed by atoms with Crippen molar-refractivity contribution < 1.29 is 4.57 Å². The van der Waals surface area contributed by atoms with Gasteiger partial charge in [0.15, 0.2) is 0 Å². The summed E-state index contributed by atoms with van der Waals surface area (Å²) in [5, 5.41) is 0. The molecule has 0 aromatic carbocycles. The van der Waals surface area contributed by atoms with Crippen molar-refractivity contribution in [1.29, 1.82) is 0 Å². The van der Waals surface area contributed by atoms with Crippen molar-refractivity contribution in [2.75, 3.05) is 19.0 Å². The van der Waals surface area contributed by atoms with Gasteiger partial charge in [0, 0.05) is 21.0 Å². The van der Waals surface area contributed by atoms with E-state index in [0.29, 0.717) is 5.95 Å². The van der Waals surface area contributed by atoms with E-state index in [1.807, 2.05) is 21.0 Å². The molecule has 0 spiro atoms. The first kappa shape index (κ1) is 8.70. The molecule has 1 aromatic rings. The van der Waals surface area contributed by atoms with E-state index in [-0.39, 0.29) is 5.95 Å². The molecule has 5 heteroatoms. The Morgan fingerprint density at radius 1 is 1.33 bits per heavy atom. The van der Waals surface area contributed by atoms with E-state index in [4.69, 9.17) is 5.73 Å². The fourth-order valence-electron chi connectivity index (χ4n) is 0.768. The van der Waals surface area contributed by atoms with Gasteiger partial charge >= 0.3 is 11.9 Å². The van der Waals surface area contributed by atoms with Gasteiger partial charge in [-0.1, -0.05) is 9.97 Å². The normalized spacial score (nSPS) is 10.0. The Balaban J connectivity index is 3.21. The molecular weight excluding hydrogens is 154 g/mol. The number of anilines is 1. The Labute approximate surface area is 71.9 Å². The summed E-state index contributed by atoms with van der Waals surface area (Å²) < 4.78 is 1.63. The number of aryl methyl sites for hydroxylation is 1. The minimum Gasteiger partial charge on any atom is -0.326 e. The third kappa shape index (κ3) is 1.44. The Hall–Kier alpha value is -1.39. The maximum atomic E-state index is 7.48. The van der Waals surface area contributed by atoms with Gasteiger partial charge in [-0.25, -0.2) is 4.57 Å². The van der Waals surface area contributed by atoms with E-state index in [1.165, 1.54) is 0 Å². The van der Waals surface area contributed by atoms with E-state index < -0.39 is 0 Å². The second kappa shape index (κ2) is 2.92. The highest BCUT2D eigenvalue weighted by molar-refractivity contribution is 5.27. The zero-order valence-corrected chi connectivity index (χ0v) is 7.79. The summed E-state index contributed by atoms with van der Waals surface area (Å²) in [5.74, 6) is 1.60. The average molecular weight is 167 g/mol. The summed E-state index contributed by atoms with van der Waals surface area (Å²) in [7, 11) is 5.49. The Bertz CT molecular complexity index is 271. The van der Waals surface area contributed by atoms with Crippen LogP contribution >= 0.6 is 0 Å². The van der Waals surface area contributed by atoms with Gasteiger partial charge in [-0.05, 0) is 0 Å². The highest BCUT2D eigenvalue weighted by Gasteiger charge is 2.13. The summed E-state index contributed by atoms with van der Waals surface area (Å²) in [6.07, 6.45) is 0. The van der Waals surface area contributed by atoms with Crippen LogP contribution in [0.5, 0.6) is 0 Å². The lowest BCUT2D eigenvalue weighted by Crippen LogP contribution is -2.36. The van der Waals surface area contributed by atoms with Crippen molar-refractivity contribution in [3.63, 3.8) is 0 Å². The Morgan fingerprint density at radius 2 is 1.92 bits per heavy atom. The highest BCUT2D eigenvalue weighted by Crippen LogP contribution is 2.02. The molecule has 1 rings (SSSR count). The smallest absolute Gasteiger partial charge is 0.326 e. The molecule has 0 saturated carbocycles. The molecule has 1 aromatic heterocycles. The number of nitrogens with one attached hydrogen (secondary N) is 1. The van der Waals surface area contributed by atoms with Gasteiger partial charge in [0.1, 0.15) is 0 Å². The molecule has 12 heavy (non-hydrogen) atoms. The zero-order valence-electron chi connectivity index (χ0n) is 7.79. The molecule has 65 valence electrons. The zero-order chi connectivity index (χ0) is 9.30. The predicted molar refractivity (Wildman–Crippen MR) is 45.0 cm³/mol. The first-order valence-electron chi connectivity index (χ1n) is 3.66. The van der Waals surface area contributed by atoms with Gasteiger partial charge in [-0.15, -0.1) is 0 Å². The number of hydrogen-bond donors (Lipinski definition) is 0. The van der Waals surface area contributed by atoms with Crippen LogP contribution in [0.4, 0.5) is 11.9 Å². The van der Waals surface area contributed by atoms with Crippen molar-refractivity contribution in [2.45, 2.75) is 6.92 Å². The average Bonchev–Trinajstić information content (AvgIpc) is 1.99. The fourth-order valence-corrected chi connectivity index (χ4v) is 0.768. The molecular formula is C7H13N5+. The fraction of sp³-hybridized carbons (Fsp3) is 0.571. The molecule has 5 nitrogen and oxygen atoms in total. The van der Waals surface area contributed by atoms with Crippen LogP contribution in [0, 0.1) is 6.92 Å². The lowest BCUT2D eigenvalue weighted by atomic mass is 10.6. The summed E-state index contributed by atoms with van der Waals surface area (Å²) in [6, 6.07) is 0. The second-order valence-corrected chi connectivity index (χ2v) is 2.85. The molecule has 0 unspecified atom stereocenters. The molecule has 0 bridgehead atoms. The van der Waals surface area contributed by atoms with Crippen LogP contribution in [-0.4, -0.2) is 24.1 Å². The molecule has 0 saturated heterocycles. The van der Waals surface area contributed by atoms with Gasteiger partial charge in [0.05, 0.1) is 7.05 Å². The van der Waals surface area contributed by atoms with Crippen LogP contribution in [0.1, 0.15) is 5.82 Å². The lowest BCUT2D eigenvalue weighted by molar-refractivity contribution is -0.671. The molecule has 0 aliphatic heterocycles. The largest absolute Gasteiger partial charge is 0.381 e. The van der Waals surface area contributed by atoms with Crippen LogP contribution in [0.3, 0.4) is 0 Å². The molecule has 0 aliphatic carbocycles. The topological polar surface area (TPSA) is 56.7 Å². The van der Waals surface area contributed by atoms with Crippen molar-refractivity contribution in [3.05, 3.63) is 5.82 Å². The van der Waals surface area contributed by atoms with E-state index >= 15 is 0 Å². The maximum Gasteiger partial charge on any atom is 0.381 e. The Morgan fingerprint density at radius 3 is 2.33 bits per heavy atom. The van der Waals surface area contributed by atoms with Gasteiger partial charge in [-0.2, -0.15) is 5.73 Å². The molecule has 0 atom stereocenters. The number of aromatic nitrogens is 3. The highest BCUT2D eigenvalue weighted by atomic mass is 15.3. The minimum atomic E-state index is 0.228. The number of rotatable bonds is 1. The standard InChI is InChI=1S/C7H13N5/c1-5-9-7(11(2)3)10-6(8)12(5)4/h8H,1-4H3/q+1. The monoisotopic (exact) mass is 167 g/mol. The molecule has 0 aliphatic rings. The molecule has 0 fully saturated rings. The lowest BCUT2D eigenvalue weighted by Gasteiger charge is -2.06. The molecule has 1 radical (unpaired) electrons. The van der Waals surface area contributed by atoms with Gasteiger partial charge < -0.3 is 4.90 Å². The predicted octanol–water partition coefficient (Wildman–Crippen LogP) is -0.410. The van der Waals surface area contributed by atoms with Gasteiger partial charge in [-0.3, -0.25) is 0 Å². The van der Waals surface area contributed by atoms with Crippen molar-refractivity contribution >= 4 is 11.9 Å². The van der Waals surface area contributed by atoms with E-state index in [2.05, 4.69) is 9.97 Å². The van der Waals surface area contributed by atoms with Crippen LogP contribution in [0.25, 0.3) is 0 Å².